The van der Waals surface area contributed by atoms with Crippen LogP contribution >= 0.6 is 11.6 Å². The van der Waals surface area contributed by atoms with Crippen molar-refractivity contribution in [3.63, 3.8) is 0 Å². The number of halogens is 1. The maximum atomic E-state index is 12.1. The maximum absolute atomic E-state index is 12.1. The molecule has 0 saturated heterocycles. The smallest absolute Gasteiger partial charge is 0.251 e. The third kappa shape index (κ3) is 4.18. The summed E-state index contributed by atoms with van der Waals surface area (Å²) in [5, 5.41) is 6.18. The molecule has 0 aromatic carbocycles. The topological polar surface area (TPSA) is 54.0 Å². The van der Waals surface area contributed by atoms with Crippen LogP contribution in [0.15, 0.2) is 12.1 Å². The molecule has 100 valence electrons. The van der Waals surface area contributed by atoms with Gasteiger partial charge in [0, 0.05) is 18.2 Å². The lowest BCUT2D eigenvalue weighted by atomic mass is 9.98. The van der Waals surface area contributed by atoms with Gasteiger partial charge in [-0.1, -0.05) is 24.9 Å². The van der Waals surface area contributed by atoms with E-state index in [0.717, 1.165) is 12.8 Å². The highest BCUT2D eigenvalue weighted by atomic mass is 35.5. The van der Waals surface area contributed by atoms with E-state index in [9.17, 15) is 4.79 Å². The van der Waals surface area contributed by atoms with Crippen LogP contribution in [0.25, 0.3) is 0 Å². The monoisotopic (exact) mass is 269 g/mol. The zero-order valence-corrected chi connectivity index (χ0v) is 12.1. The molecule has 0 spiro atoms. The normalized spacial score (nSPS) is 11.2. The van der Waals surface area contributed by atoms with Gasteiger partial charge in [-0.3, -0.25) is 4.79 Å². The Morgan fingerprint density at radius 3 is 2.67 bits per heavy atom. The number of rotatable bonds is 5. The second-order valence-electron chi connectivity index (χ2n) is 4.90. The van der Waals surface area contributed by atoms with Crippen molar-refractivity contribution in [2.24, 2.45) is 0 Å². The van der Waals surface area contributed by atoms with Crippen molar-refractivity contribution in [3.05, 3.63) is 22.8 Å². The third-order valence-corrected chi connectivity index (χ3v) is 2.83. The lowest BCUT2D eigenvalue weighted by molar-refractivity contribution is 0.0909. The average Bonchev–Trinajstić information content (AvgIpc) is 2.27. The zero-order chi connectivity index (χ0) is 13.8. The summed E-state index contributed by atoms with van der Waals surface area (Å²) in [6.07, 6.45) is 1.95. The largest absolute Gasteiger partial charge is 0.373 e. The van der Waals surface area contributed by atoms with Gasteiger partial charge in [-0.2, -0.15) is 0 Å². The summed E-state index contributed by atoms with van der Waals surface area (Å²) in [5.41, 5.74) is 0.296. The van der Waals surface area contributed by atoms with Gasteiger partial charge in [-0.25, -0.2) is 4.98 Å². The van der Waals surface area contributed by atoms with Gasteiger partial charge >= 0.3 is 0 Å². The van der Waals surface area contributed by atoms with Gasteiger partial charge in [0.2, 0.25) is 0 Å². The van der Waals surface area contributed by atoms with Crippen LogP contribution in [0, 0.1) is 0 Å². The van der Waals surface area contributed by atoms with E-state index in [4.69, 9.17) is 11.6 Å². The van der Waals surface area contributed by atoms with Gasteiger partial charge in [-0.15, -0.1) is 0 Å². The summed E-state index contributed by atoms with van der Waals surface area (Å²) in [6.45, 7) is 6.11. The average molecular weight is 270 g/mol. The Bertz CT molecular complexity index is 432. The Morgan fingerprint density at radius 1 is 1.44 bits per heavy atom. The van der Waals surface area contributed by atoms with Crippen molar-refractivity contribution >= 4 is 23.3 Å². The van der Waals surface area contributed by atoms with E-state index in [1.807, 2.05) is 13.8 Å². The van der Waals surface area contributed by atoms with E-state index in [1.54, 1.807) is 19.2 Å². The highest BCUT2D eigenvalue weighted by Crippen LogP contribution is 2.16. The standard InChI is InChI=1S/C13H20ClN3O/c1-5-6-13(2,3)17-12(18)9-7-10(14)16-11(8-9)15-4/h7-8H,5-6H2,1-4H3,(H,15,16)(H,17,18). The van der Waals surface area contributed by atoms with Crippen LogP contribution in [-0.2, 0) is 0 Å². The molecule has 2 N–H and O–H groups in total. The van der Waals surface area contributed by atoms with Crippen LogP contribution in [0.1, 0.15) is 44.0 Å². The first-order valence-corrected chi connectivity index (χ1v) is 6.43. The number of carbonyl (C=O) groups excluding carboxylic acids is 1. The second kappa shape index (κ2) is 6.05. The summed E-state index contributed by atoms with van der Waals surface area (Å²) in [7, 11) is 1.74. The fourth-order valence-corrected chi connectivity index (χ4v) is 2.03. The number of amides is 1. The third-order valence-electron chi connectivity index (χ3n) is 2.64. The van der Waals surface area contributed by atoms with Gasteiger partial charge in [-0.05, 0) is 32.4 Å². The van der Waals surface area contributed by atoms with E-state index < -0.39 is 0 Å². The van der Waals surface area contributed by atoms with Crippen LogP contribution < -0.4 is 10.6 Å². The van der Waals surface area contributed by atoms with E-state index >= 15 is 0 Å². The molecular formula is C13H20ClN3O. The summed E-state index contributed by atoms with van der Waals surface area (Å²) in [6, 6.07) is 3.25. The first kappa shape index (κ1) is 14.8. The van der Waals surface area contributed by atoms with E-state index in [0.29, 0.717) is 16.5 Å². The minimum absolute atomic E-state index is 0.130. The number of hydrogen-bond donors (Lipinski definition) is 2. The molecule has 1 heterocycles. The van der Waals surface area contributed by atoms with Gasteiger partial charge in [0.1, 0.15) is 11.0 Å². The Kier molecular flexibility index (Phi) is 4.96. The lowest BCUT2D eigenvalue weighted by Crippen LogP contribution is -2.43. The highest BCUT2D eigenvalue weighted by Gasteiger charge is 2.20. The van der Waals surface area contributed by atoms with Crippen LogP contribution in [-0.4, -0.2) is 23.5 Å². The molecule has 1 rings (SSSR count). The quantitative estimate of drug-likeness (QED) is 0.808. The molecule has 0 aliphatic heterocycles. The predicted octanol–water partition coefficient (Wildman–Crippen LogP) is 3.09. The zero-order valence-electron chi connectivity index (χ0n) is 11.3. The molecular weight excluding hydrogens is 250 g/mol. The number of pyridine rings is 1. The summed E-state index contributed by atoms with van der Waals surface area (Å²) in [4.78, 5) is 16.2. The van der Waals surface area contributed by atoms with Crippen molar-refractivity contribution in [2.75, 3.05) is 12.4 Å². The van der Waals surface area contributed by atoms with E-state index in [2.05, 4.69) is 22.5 Å². The first-order chi connectivity index (χ1) is 8.38. The van der Waals surface area contributed by atoms with Crippen molar-refractivity contribution in [2.45, 2.75) is 39.2 Å². The SMILES string of the molecule is CCCC(C)(C)NC(=O)c1cc(Cl)nc(NC)c1. The summed E-state index contributed by atoms with van der Waals surface area (Å²) in [5.74, 6) is 0.454. The number of aromatic nitrogens is 1. The second-order valence-corrected chi connectivity index (χ2v) is 5.29. The highest BCUT2D eigenvalue weighted by molar-refractivity contribution is 6.29. The minimum atomic E-state index is -0.221. The Morgan fingerprint density at radius 2 is 2.11 bits per heavy atom. The Hall–Kier alpha value is -1.29. The molecule has 0 bridgehead atoms. The van der Waals surface area contributed by atoms with Gasteiger partial charge in [0.05, 0.1) is 0 Å². The molecule has 4 nitrogen and oxygen atoms in total. The Balaban J connectivity index is 2.87. The molecule has 1 aromatic heterocycles. The fourth-order valence-electron chi connectivity index (χ4n) is 1.82. The number of hydrogen-bond acceptors (Lipinski definition) is 3. The van der Waals surface area contributed by atoms with Gasteiger partial charge in [0.15, 0.2) is 0 Å². The van der Waals surface area contributed by atoms with Crippen LogP contribution in [0.2, 0.25) is 5.15 Å². The molecule has 0 radical (unpaired) electrons. The van der Waals surface area contributed by atoms with Gasteiger partial charge < -0.3 is 10.6 Å². The molecule has 0 atom stereocenters. The minimum Gasteiger partial charge on any atom is -0.373 e. The van der Waals surface area contributed by atoms with Crippen molar-refractivity contribution in [3.8, 4) is 0 Å². The number of nitrogens with zero attached hydrogens (tertiary/aromatic N) is 1. The van der Waals surface area contributed by atoms with Crippen LogP contribution in [0.5, 0.6) is 0 Å². The fraction of sp³-hybridized carbons (Fsp3) is 0.538. The molecule has 18 heavy (non-hydrogen) atoms. The number of anilines is 1. The lowest BCUT2D eigenvalue weighted by Gasteiger charge is -2.25. The van der Waals surface area contributed by atoms with Crippen LogP contribution in [0.3, 0.4) is 0 Å². The summed E-state index contributed by atoms with van der Waals surface area (Å²) < 4.78 is 0. The maximum Gasteiger partial charge on any atom is 0.251 e. The van der Waals surface area contributed by atoms with Gasteiger partial charge in [0.25, 0.3) is 5.91 Å². The Labute approximate surface area is 113 Å². The summed E-state index contributed by atoms with van der Waals surface area (Å²) >= 11 is 5.87. The molecule has 0 unspecified atom stereocenters. The molecule has 0 fully saturated rings. The van der Waals surface area contributed by atoms with Crippen molar-refractivity contribution < 1.29 is 4.79 Å². The van der Waals surface area contributed by atoms with E-state index in [1.165, 1.54) is 0 Å². The number of nitrogens with one attached hydrogen (secondary N) is 2. The first-order valence-electron chi connectivity index (χ1n) is 6.06. The predicted molar refractivity (Wildman–Crippen MR) is 75.2 cm³/mol. The molecule has 1 amide bonds. The molecule has 0 saturated carbocycles. The molecule has 1 aromatic rings. The van der Waals surface area contributed by atoms with Crippen LogP contribution in [0.4, 0.5) is 5.82 Å². The molecule has 0 aliphatic carbocycles. The van der Waals surface area contributed by atoms with E-state index in [-0.39, 0.29) is 11.4 Å². The van der Waals surface area contributed by atoms with Crippen molar-refractivity contribution in [1.82, 2.24) is 10.3 Å². The molecule has 5 heteroatoms. The van der Waals surface area contributed by atoms with Crippen molar-refractivity contribution in [1.29, 1.82) is 0 Å². The molecule has 0 aliphatic rings. The number of carbonyl (C=O) groups is 1.